The molecule has 7 N–H and O–H groups in total. The van der Waals surface area contributed by atoms with Crippen LogP contribution >= 0.6 is 0 Å². The summed E-state index contributed by atoms with van der Waals surface area (Å²) in [5, 5.41) is 50.9. The van der Waals surface area contributed by atoms with Gasteiger partial charge in [0.2, 0.25) is 18.5 Å². The highest BCUT2D eigenvalue weighted by Gasteiger charge is 2.60. The molecule has 3 amide bonds. The average Bonchev–Trinajstić information content (AvgIpc) is 3.14. The number of allylic oxidation sites excluding steroid dienone is 2. The first kappa shape index (κ1) is 42.7. The lowest BCUT2D eigenvalue weighted by Crippen LogP contribution is -2.62. The summed E-state index contributed by atoms with van der Waals surface area (Å²) in [7, 11) is 6.46. The van der Waals surface area contributed by atoms with Crippen LogP contribution in [0.5, 0.6) is 0 Å². The number of primary amides is 1. The van der Waals surface area contributed by atoms with Crippen LogP contribution in [-0.2, 0) is 28.7 Å². The highest BCUT2D eigenvalue weighted by molar-refractivity contribution is 6.22. The summed E-state index contributed by atoms with van der Waals surface area (Å²) in [6.07, 6.45) is 1.46. The summed E-state index contributed by atoms with van der Waals surface area (Å²) in [6.45, 7) is 3.47. The van der Waals surface area contributed by atoms with Crippen LogP contribution in [0.15, 0.2) is 88.4 Å². The number of nitrogens with zero attached hydrogens (tertiary/aromatic N) is 3. The van der Waals surface area contributed by atoms with E-state index in [9.17, 15) is 49.2 Å². The van der Waals surface area contributed by atoms with Gasteiger partial charge in [-0.05, 0) is 94.3 Å². The molecule has 6 rings (SSSR count). The summed E-state index contributed by atoms with van der Waals surface area (Å²) >= 11 is 0. The number of ketones is 2. The maximum Gasteiger partial charge on any atom is 0.413 e. The second kappa shape index (κ2) is 15.4. The minimum absolute atomic E-state index is 0.0123. The van der Waals surface area contributed by atoms with Gasteiger partial charge in [-0.1, -0.05) is 30.3 Å². The van der Waals surface area contributed by atoms with Gasteiger partial charge < -0.3 is 45.9 Å². The van der Waals surface area contributed by atoms with Gasteiger partial charge >= 0.3 is 12.1 Å². The van der Waals surface area contributed by atoms with E-state index in [-0.39, 0.29) is 29.6 Å². The predicted octanol–water partition coefficient (Wildman–Crippen LogP) is 1.19. The molecule has 0 heterocycles. The van der Waals surface area contributed by atoms with Crippen LogP contribution in [-0.4, -0.2) is 141 Å². The highest BCUT2D eigenvalue weighted by atomic mass is 16.7. The zero-order chi connectivity index (χ0) is 43.5. The van der Waals surface area contributed by atoms with Gasteiger partial charge in [-0.15, -0.1) is 0 Å². The number of Topliss-reactive ketones (excluding diaryl/α,β-unsaturated/α-hetero) is 2. The fraction of sp³-hybridized carbons (Fsp3) is 0.429. The van der Waals surface area contributed by atoms with Crippen LogP contribution in [0.1, 0.15) is 44.0 Å². The zero-order valence-electron chi connectivity index (χ0n) is 33.8. The minimum Gasteiger partial charge on any atom is -0.508 e. The Hall–Kier alpha value is -5.88. The number of fused-ring (bicyclic) bond motifs is 3. The Morgan fingerprint density at radius 3 is 2.24 bits per heavy atom. The maximum atomic E-state index is 14.4. The summed E-state index contributed by atoms with van der Waals surface area (Å²) in [5.74, 6) is -10.2. The van der Waals surface area contributed by atoms with Crippen LogP contribution in [0, 0.1) is 11.8 Å². The van der Waals surface area contributed by atoms with Gasteiger partial charge in [0.25, 0.3) is 5.91 Å². The molecule has 0 radical (unpaired) electrons. The normalized spacial score (nSPS) is 25.0. The number of carbonyl (C=O) groups excluding carboxylic acids is 6. The molecule has 0 saturated carbocycles. The van der Waals surface area contributed by atoms with Crippen LogP contribution in [0.3, 0.4) is 0 Å². The number of aliphatic hydroxyl groups excluding tert-OH is 1. The largest absolute Gasteiger partial charge is 0.508 e. The number of ether oxygens (including phenoxy) is 2. The Balaban J connectivity index is 1.21. The van der Waals surface area contributed by atoms with E-state index in [0.29, 0.717) is 5.70 Å². The molecule has 17 heteroatoms. The van der Waals surface area contributed by atoms with Gasteiger partial charge in [0.15, 0.2) is 11.6 Å². The summed E-state index contributed by atoms with van der Waals surface area (Å²) in [4.78, 5) is 84.0. The fourth-order valence-corrected chi connectivity index (χ4v) is 8.51. The van der Waals surface area contributed by atoms with E-state index in [1.54, 1.807) is 72.1 Å². The van der Waals surface area contributed by atoms with Crippen molar-refractivity contribution < 1.29 is 58.7 Å². The van der Waals surface area contributed by atoms with Crippen molar-refractivity contribution in [3.63, 3.8) is 0 Å². The van der Waals surface area contributed by atoms with Crippen molar-refractivity contribution in [2.24, 2.45) is 17.6 Å². The maximum absolute atomic E-state index is 14.4. The van der Waals surface area contributed by atoms with Gasteiger partial charge in [-0.3, -0.25) is 29.0 Å². The first-order chi connectivity index (χ1) is 27.5. The van der Waals surface area contributed by atoms with Crippen molar-refractivity contribution in [2.45, 2.75) is 62.6 Å². The predicted molar refractivity (Wildman–Crippen MR) is 211 cm³/mol. The van der Waals surface area contributed by atoms with Gasteiger partial charge in [0.05, 0.1) is 17.2 Å². The van der Waals surface area contributed by atoms with Crippen molar-refractivity contribution in [3.8, 4) is 0 Å². The van der Waals surface area contributed by atoms with Crippen molar-refractivity contribution in [3.05, 3.63) is 93.9 Å². The molecule has 5 atom stereocenters. The summed E-state index contributed by atoms with van der Waals surface area (Å²) in [5.41, 5.74) is 1.52. The third-order valence-electron chi connectivity index (χ3n) is 11.4. The molecule has 314 valence electrons. The molecule has 0 saturated heterocycles. The number of rotatable bonds is 9. The van der Waals surface area contributed by atoms with E-state index in [1.807, 2.05) is 24.3 Å². The second-order valence-corrected chi connectivity index (χ2v) is 16.7. The number of nitrogens with one attached hydrogen (secondary N) is 1. The van der Waals surface area contributed by atoms with E-state index in [4.69, 9.17) is 15.2 Å². The van der Waals surface area contributed by atoms with Gasteiger partial charge in [-0.2, -0.15) is 0 Å². The summed E-state index contributed by atoms with van der Waals surface area (Å²) < 4.78 is 10.4. The lowest BCUT2D eigenvalue weighted by Gasteiger charge is -2.50. The summed E-state index contributed by atoms with van der Waals surface area (Å²) in [6, 6.07) is 9.65. The van der Waals surface area contributed by atoms with E-state index in [0.717, 1.165) is 21.7 Å². The minimum atomic E-state index is -3.03. The number of benzene rings is 2. The topological polar surface area (TPSA) is 250 Å². The third kappa shape index (κ3) is 7.62. The van der Waals surface area contributed by atoms with E-state index in [2.05, 4.69) is 5.32 Å². The molecular formula is C42H49N5O12. The SMILES string of the molecule is CN(C)C1=CC(NC(=O)CN(C(=O)OCOC(=O)c2ccc3ccccc3c2)C(C)(C)C)C(O)(O)C2=C1C[C@H]1C[C@H]3[C@H](N(C)C)C(=O)C(C(N)=O)=C(O)[C@]3(O)C=C1C2=O. The molecule has 0 spiro atoms. The molecule has 1 unspecified atom stereocenters. The number of nitrogens with two attached hydrogens (primary N) is 1. The number of hydrogen-bond donors (Lipinski definition) is 6. The van der Waals surface area contributed by atoms with E-state index in [1.165, 1.54) is 11.0 Å². The molecule has 17 nitrogen and oxygen atoms in total. The van der Waals surface area contributed by atoms with Gasteiger partial charge in [-0.25, -0.2) is 9.59 Å². The zero-order valence-corrected chi connectivity index (χ0v) is 33.8. The Kier molecular flexibility index (Phi) is 11.1. The smallest absolute Gasteiger partial charge is 0.413 e. The molecular weight excluding hydrogens is 766 g/mol. The fourth-order valence-electron chi connectivity index (χ4n) is 8.51. The number of hydrogen-bond acceptors (Lipinski definition) is 14. The molecule has 0 aromatic heterocycles. The average molecular weight is 816 g/mol. The number of esters is 1. The Labute approximate surface area is 340 Å². The quantitative estimate of drug-likeness (QED) is 0.118. The molecule has 0 bridgehead atoms. The van der Waals surface area contributed by atoms with Gasteiger partial charge in [0, 0.05) is 36.8 Å². The standard InChI is InChI=1S/C42H49N5O12/c1-40(2,3)47(39(54)59-20-58-38(53)23-13-12-21-10-8-9-11-22(21)14-23)19-30(48)44-29-17-28(45(4)5)25-15-24-16-27-33(46(6)7)35(50)31(37(43)52)36(51)41(27,55)18-26(24)34(49)32(25)42(29,56)57/h8-14,17-18,24,27,29,33,51,55-57H,15-16,19-20H2,1-7H3,(H2,43,52)(H,44,48)/t24-,27-,29?,33-,41-/m0/s1. The lowest BCUT2D eigenvalue weighted by molar-refractivity contribution is -0.158. The van der Waals surface area contributed by atoms with E-state index < -0.39 is 107 Å². The van der Waals surface area contributed by atoms with Crippen molar-refractivity contribution in [1.29, 1.82) is 0 Å². The number of aliphatic hydroxyl groups is 4. The van der Waals surface area contributed by atoms with Crippen molar-refractivity contribution >= 4 is 46.2 Å². The Morgan fingerprint density at radius 2 is 1.63 bits per heavy atom. The number of carbonyl (C=O) groups is 6. The second-order valence-electron chi connectivity index (χ2n) is 16.7. The first-order valence-electron chi connectivity index (χ1n) is 18.9. The van der Waals surface area contributed by atoms with Crippen LogP contribution in [0.2, 0.25) is 0 Å². The van der Waals surface area contributed by atoms with Crippen LogP contribution in [0.25, 0.3) is 10.8 Å². The highest BCUT2D eigenvalue weighted by Crippen LogP contribution is 2.53. The Bertz CT molecular complexity index is 2280. The molecule has 4 aliphatic rings. The molecule has 0 aliphatic heterocycles. The van der Waals surface area contributed by atoms with Crippen LogP contribution < -0.4 is 11.1 Å². The monoisotopic (exact) mass is 815 g/mol. The van der Waals surface area contributed by atoms with Crippen LogP contribution in [0.4, 0.5) is 4.79 Å². The van der Waals surface area contributed by atoms with Crippen molar-refractivity contribution in [2.75, 3.05) is 41.5 Å². The lowest BCUT2D eigenvalue weighted by atomic mass is 9.59. The molecule has 2 aromatic rings. The van der Waals surface area contributed by atoms with Gasteiger partial charge in [0.1, 0.15) is 29.5 Å². The molecule has 0 fully saturated rings. The van der Waals surface area contributed by atoms with Crippen molar-refractivity contribution in [1.82, 2.24) is 20.0 Å². The molecule has 2 aromatic carbocycles. The first-order valence-corrected chi connectivity index (χ1v) is 18.9. The number of likely N-dealkylation sites (N-methyl/N-ethyl adjacent to an activating group) is 2. The Morgan fingerprint density at radius 1 is 0.966 bits per heavy atom. The molecule has 4 aliphatic carbocycles. The third-order valence-corrected chi connectivity index (χ3v) is 11.4. The van der Waals surface area contributed by atoms with E-state index >= 15 is 0 Å². The molecule has 59 heavy (non-hydrogen) atoms. The number of amides is 3.